The molecule has 0 spiro atoms. The molecule has 0 aromatic rings. The topological polar surface area (TPSA) is 95.5 Å². The summed E-state index contributed by atoms with van der Waals surface area (Å²) in [7, 11) is 0. The highest BCUT2D eigenvalue weighted by Gasteiger charge is 2.37. The fraction of sp³-hybridized carbons (Fsp3) is 0.700. The van der Waals surface area contributed by atoms with Gasteiger partial charge in [0, 0.05) is 0 Å². The monoisotopic (exact) mass is 260 g/mol. The van der Waals surface area contributed by atoms with E-state index < -0.39 is 23.2 Å². The van der Waals surface area contributed by atoms with Gasteiger partial charge in [0.2, 0.25) is 11.8 Å². The van der Waals surface area contributed by atoms with Gasteiger partial charge in [-0.2, -0.15) is 0 Å². The van der Waals surface area contributed by atoms with E-state index >= 15 is 0 Å². The van der Waals surface area contributed by atoms with Crippen LogP contribution in [0.25, 0.3) is 0 Å². The van der Waals surface area contributed by atoms with Crippen LogP contribution in [0.5, 0.6) is 0 Å². The summed E-state index contributed by atoms with van der Waals surface area (Å²) in [5.74, 6) is -0.810. The van der Waals surface area contributed by atoms with Crippen molar-refractivity contribution in [2.75, 3.05) is 18.8 Å². The molecule has 6 nitrogen and oxygen atoms in total. The molecule has 1 aliphatic rings. The third kappa shape index (κ3) is 4.26. The van der Waals surface area contributed by atoms with Crippen LogP contribution < -0.4 is 10.6 Å². The van der Waals surface area contributed by atoms with Crippen LogP contribution in [0.2, 0.25) is 0 Å². The smallest absolute Gasteiger partial charge is 0.322 e. The van der Waals surface area contributed by atoms with Gasteiger partial charge in [0.15, 0.2) is 0 Å². The first-order valence-electron chi connectivity index (χ1n) is 5.35. The Morgan fingerprint density at radius 2 is 2.00 bits per heavy atom. The SMILES string of the molecule is CC1(C(=O)NCC(=O)NCC(=O)O)CCCS1. The molecular formula is C10H16N2O4S. The lowest BCUT2D eigenvalue weighted by molar-refractivity contribution is -0.137. The highest BCUT2D eigenvalue weighted by Crippen LogP contribution is 2.37. The maximum atomic E-state index is 11.8. The molecule has 1 unspecified atom stereocenters. The molecule has 1 aliphatic heterocycles. The molecule has 0 radical (unpaired) electrons. The summed E-state index contributed by atoms with van der Waals surface area (Å²) in [6.07, 6.45) is 1.81. The number of carbonyl (C=O) groups is 3. The van der Waals surface area contributed by atoms with Crippen LogP contribution in [-0.2, 0) is 14.4 Å². The number of thioether (sulfide) groups is 1. The summed E-state index contributed by atoms with van der Waals surface area (Å²) < 4.78 is -0.451. The molecule has 0 aromatic carbocycles. The van der Waals surface area contributed by atoms with Crippen LogP contribution in [0.15, 0.2) is 0 Å². The zero-order valence-corrected chi connectivity index (χ0v) is 10.4. The maximum absolute atomic E-state index is 11.8. The molecule has 17 heavy (non-hydrogen) atoms. The van der Waals surface area contributed by atoms with Crippen molar-refractivity contribution in [1.29, 1.82) is 0 Å². The third-order valence-electron chi connectivity index (χ3n) is 2.55. The lowest BCUT2D eigenvalue weighted by Gasteiger charge is -2.21. The number of amides is 2. The average Bonchev–Trinajstić information content (AvgIpc) is 2.71. The quantitative estimate of drug-likeness (QED) is 0.624. The molecule has 0 saturated carbocycles. The van der Waals surface area contributed by atoms with Crippen molar-refractivity contribution in [2.24, 2.45) is 0 Å². The summed E-state index contributed by atoms with van der Waals surface area (Å²) in [5.41, 5.74) is 0. The molecule has 1 fully saturated rings. The Morgan fingerprint density at radius 1 is 1.29 bits per heavy atom. The van der Waals surface area contributed by atoms with Gasteiger partial charge in [-0.1, -0.05) is 0 Å². The fourth-order valence-corrected chi connectivity index (χ4v) is 2.77. The van der Waals surface area contributed by atoms with E-state index in [0.717, 1.165) is 18.6 Å². The van der Waals surface area contributed by atoms with Crippen LogP contribution in [0.3, 0.4) is 0 Å². The molecule has 96 valence electrons. The zero-order valence-electron chi connectivity index (χ0n) is 9.62. The number of carbonyl (C=O) groups excluding carboxylic acids is 2. The van der Waals surface area contributed by atoms with Crippen LogP contribution in [0.4, 0.5) is 0 Å². The number of aliphatic carboxylic acids is 1. The van der Waals surface area contributed by atoms with Gasteiger partial charge >= 0.3 is 5.97 Å². The van der Waals surface area contributed by atoms with Crippen molar-refractivity contribution in [3.63, 3.8) is 0 Å². The van der Waals surface area contributed by atoms with Crippen molar-refractivity contribution in [2.45, 2.75) is 24.5 Å². The van der Waals surface area contributed by atoms with Crippen molar-refractivity contribution in [3.8, 4) is 0 Å². The second-order valence-corrected chi connectivity index (χ2v) is 5.63. The largest absolute Gasteiger partial charge is 0.480 e. The lowest BCUT2D eigenvalue weighted by Crippen LogP contribution is -2.45. The predicted molar refractivity (Wildman–Crippen MR) is 63.8 cm³/mol. The Kier molecular flexibility index (Phi) is 4.80. The van der Waals surface area contributed by atoms with Crippen molar-refractivity contribution in [3.05, 3.63) is 0 Å². The Hall–Kier alpha value is -1.24. The number of nitrogens with one attached hydrogen (secondary N) is 2. The Balaban J connectivity index is 2.28. The van der Waals surface area contributed by atoms with Crippen LogP contribution in [0.1, 0.15) is 19.8 Å². The number of carboxylic acid groups (broad SMARTS) is 1. The standard InChI is InChI=1S/C10H16N2O4S/c1-10(3-2-4-17-10)9(16)12-5-7(13)11-6-8(14)15/h2-6H2,1H3,(H,11,13)(H,12,16)(H,14,15). The van der Waals surface area contributed by atoms with E-state index in [1.54, 1.807) is 11.8 Å². The van der Waals surface area contributed by atoms with Crippen molar-refractivity contribution < 1.29 is 19.5 Å². The minimum Gasteiger partial charge on any atom is -0.480 e. The summed E-state index contributed by atoms with van der Waals surface area (Å²) in [6, 6.07) is 0. The molecule has 0 aliphatic carbocycles. The number of rotatable bonds is 5. The Morgan fingerprint density at radius 3 is 2.53 bits per heavy atom. The van der Waals surface area contributed by atoms with E-state index in [2.05, 4.69) is 10.6 Å². The third-order valence-corrected chi connectivity index (χ3v) is 4.06. The van der Waals surface area contributed by atoms with Crippen LogP contribution in [-0.4, -0.2) is 46.5 Å². The van der Waals surface area contributed by atoms with Crippen molar-refractivity contribution >= 4 is 29.5 Å². The fourth-order valence-electron chi connectivity index (χ4n) is 1.54. The maximum Gasteiger partial charge on any atom is 0.322 e. The minimum absolute atomic E-state index is 0.162. The first-order valence-corrected chi connectivity index (χ1v) is 6.33. The summed E-state index contributed by atoms with van der Waals surface area (Å²) in [6.45, 7) is 1.25. The highest BCUT2D eigenvalue weighted by atomic mass is 32.2. The van der Waals surface area contributed by atoms with Gasteiger partial charge in [-0.15, -0.1) is 11.8 Å². The van der Waals surface area contributed by atoms with Gasteiger partial charge in [0.05, 0.1) is 11.3 Å². The first-order chi connectivity index (χ1) is 7.94. The van der Waals surface area contributed by atoms with Crippen molar-refractivity contribution in [1.82, 2.24) is 10.6 Å². The Bertz CT molecular complexity index is 326. The molecule has 1 saturated heterocycles. The van der Waals surface area contributed by atoms with Crippen LogP contribution in [0, 0.1) is 0 Å². The normalized spacial score (nSPS) is 23.1. The molecule has 2 amide bonds. The Labute approximate surface area is 104 Å². The van der Waals surface area contributed by atoms with E-state index in [1.807, 2.05) is 6.92 Å². The van der Waals surface area contributed by atoms with E-state index in [0.29, 0.717) is 0 Å². The molecule has 0 bridgehead atoms. The van der Waals surface area contributed by atoms with Gasteiger partial charge < -0.3 is 15.7 Å². The zero-order chi connectivity index (χ0) is 12.9. The summed E-state index contributed by atoms with van der Waals surface area (Å²) in [5, 5.41) is 13.1. The second kappa shape index (κ2) is 5.90. The number of carboxylic acids is 1. The molecule has 1 rings (SSSR count). The summed E-state index contributed by atoms with van der Waals surface area (Å²) in [4.78, 5) is 33.2. The molecule has 1 heterocycles. The lowest BCUT2D eigenvalue weighted by atomic mass is 10.1. The average molecular weight is 260 g/mol. The van der Waals surface area contributed by atoms with Gasteiger partial charge in [0.1, 0.15) is 6.54 Å². The van der Waals surface area contributed by atoms with Gasteiger partial charge in [-0.05, 0) is 25.5 Å². The number of hydrogen-bond donors (Lipinski definition) is 3. The minimum atomic E-state index is -1.11. The van der Waals surface area contributed by atoms with Gasteiger partial charge in [0.25, 0.3) is 0 Å². The van der Waals surface area contributed by atoms with E-state index in [1.165, 1.54) is 0 Å². The molecule has 0 aromatic heterocycles. The highest BCUT2D eigenvalue weighted by molar-refractivity contribution is 8.01. The second-order valence-electron chi connectivity index (χ2n) is 4.04. The first kappa shape index (κ1) is 13.8. The number of hydrogen-bond acceptors (Lipinski definition) is 4. The van der Waals surface area contributed by atoms with Gasteiger partial charge in [-0.25, -0.2) is 0 Å². The molecular weight excluding hydrogens is 244 g/mol. The summed E-state index contributed by atoms with van der Waals surface area (Å²) >= 11 is 1.58. The molecule has 7 heteroatoms. The molecule has 1 atom stereocenters. The van der Waals surface area contributed by atoms with E-state index in [4.69, 9.17) is 5.11 Å². The molecule has 3 N–H and O–H groups in total. The predicted octanol–water partition coefficient (Wildman–Crippen LogP) is -0.411. The van der Waals surface area contributed by atoms with Gasteiger partial charge in [-0.3, -0.25) is 14.4 Å². The van der Waals surface area contributed by atoms with E-state index in [9.17, 15) is 14.4 Å². The van der Waals surface area contributed by atoms with E-state index in [-0.39, 0.29) is 12.5 Å². The van der Waals surface area contributed by atoms with Crippen LogP contribution >= 0.6 is 11.8 Å².